The lowest BCUT2D eigenvalue weighted by atomic mass is 10.0. The molecule has 1 saturated carbocycles. The first-order valence-electron chi connectivity index (χ1n) is 9.54. The first kappa shape index (κ1) is 17.1. The molecule has 9 heteroatoms. The van der Waals surface area contributed by atoms with Crippen molar-refractivity contribution >= 4 is 15.4 Å². The fourth-order valence-corrected chi connectivity index (χ4v) is 5.54. The fourth-order valence-electron chi connectivity index (χ4n) is 3.83. The zero-order valence-electron chi connectivity index (χ0n) is 15.1. The van der Waals surface area contributed by atoms with Crippen molar-refractivity contribution in [2.75, 3.05) is 24.6 Å². The number of aromatic nitrogens is 4. The molecule has 3 aliphatic rings. The van der Waals surface area contributed by atoms with Gasteiger partial charge in [-0.05, 0) is 31.3 Å². The quantitative estimate of drug-likeness (QED) is 0.769. The van der Waals surface area contributed by atoms with Crippen LogP contribution in [0.3, 0.4) is 0 Å². The van der Waals surface area contributed by atoms with Gasteiger partial charge in [0.05, 0.1) is 30.3 Å². The standard InChI is InChI=1S/C18H23N5O3S/c24-27(25)8-5-16(12-27)23-10-15(9-19-23)13-3-6-22(7-4-13)11-17-20-18(26-21-17)14-1-2-14/h3,9-10,14,16H,1-2,4-8,11-12H2/t16-/m1/s1. The lowest BCUT2D eigenvalue weighted by Gasteiger charge is -2.24. The minimum absolute atomic E-state index is 0.0247. The van der Waals surface area contributed by atoms with Crippen LogP contribution < -0.4 is 0 Å². The molecular weight excluding hydrogens is 366 g/mol. The van der Waals surface area contributed by atoms with E-state index in [4.69, 9.17) is 4.52 Å². The highest BCUT2D eigenvalue weighted by molar-refractivity contribution is 7.91. The summed E-state index contributed by atoms with van der Waals surface area (Å²) in [4.78, 5) is 6.80. The van der Waals surface area contributed by atoms with E-state index in [-0.39, 0.29) is 17.5 Å². The molecular formula is C18H23N5O3S. The molecule has 144 valence electrons. The molecule has 1 atom stereocenters. The zero-order valence-corrected chi connectivity index (χ0v) is 15.9. The van der Waals surface area contributed by atoms with E-state index in [0.29, 0.717) is 18.9 Å². The number of hydrogen-bond donors (Lipinski definition) is 0. The molecule has 0 radical (unpaired) electrons. The van der Waals surface area contributed by atoms with E-state index in [2.05, 4.69) is 26.2 Å². The minimum atomic E-state index is -2.90. The molecule has 5 rings (SSSR count). The Bertz CT molecular complexity index is 973. The second-order valence-electron chi connectivity index (χ2n) is 7.80. The summed E-state index contributed by atoms with van der Waals surface area (Å²) in [5.41, 5.74) is 2.36. The monoisotopic (exact) mass is 389 g/mol. The maximum absolute atomic E-state index is 11.7. The van der Waals surface area contributed by atoms with E-state index >= 15 is 0 Å². The third-order valence-corrected chi connectivity index (χ3v) is 7.37. The maximum Gasteiger partial charge on any atom is 0.229 e. The number of sulfone groups is 1. The van der Waals surface area contributed by atoms with Crippen molar-refractivity contribution in [1.29, 1.82) is 0 Å². The molecule has 0 bridgehead atoms. The van der Waals surface area contributed by atoms with Gasteiger partial charge >= 0.3 is 0 Å². The zero-order chi connectivity index (χ0) is 18.4. The molecule has 1 aliphatic carbocycles. The Hall–Kier alpha value is -2.00. The van der Waals surface area contributed by atoms with E-state index in [1.54, 1.807) is 0 Å². The highest BCUT2D eigenvalue weighted by Crippen LogP contribution is 2.38. The molecule has 1 saturated heterocycles. The average molecular weight is 389 g/mol. The van der Waals surface area contributed by atoms with Gasteiger partial charge in [0, 0.05) is 30.8 Å². The van der Waals surface area contributed by atoms with Crippen LogP contribution in [0.4, 0.5) is 0 Å². The molecule has 4 heterocycles. The normalized spacial score (nSPS) is 25.6. The van der Waals surface area contributed by atoms with E-state index in [0.717, 1.165) is 49.6 Å². The van der Waals surface area contributed by atoms with E-state index < -0.39 is 9.84 Å². The lowest BCUT2D eigenvalue weighted by Crippen LogP contribution is -2.28. The van der Waals surface area contributed by atoms with Gasteiger partial charge < -0.3 is 4.52 Å². The smallest absolute Gasteiger partial charge is 0.229 e. The highest BCUT2D eigenvalue weighted by Gasteiger charge is 2.31. The van der Waals surface area contributed by atoms with Gasteiger partial charge in [0.1, 0.15) is 0 Å². The van der Waals surface area contributed by atoms with Crippen molar-refractivity contribution < 1.29 is 12.9 Å². The third-order valence-electron chi connectivity index (χ3n) is 5.62. The first-order chi connectivity index (χ1) is 13.1. The van der Waals surface area contributed by atoms with Crippen molar-refractivity contribution in [1.82, 2.24) is 24.8 Å². The molecule has 8 nitrogen and oxygen atoms in total. The molecule has 0 aromatic carbocycles. The first-order valence-corrected chi connectivity index (χ1v) is 11.4. The number of hydrogen-bond acceptors (Lipinski definition) is 7. The Balaban J connectivity index is 1.21. The van der Waals surface area contributed by atoms with E-state index in [1.165, 1.54) is 5.57 Å². The Labute approximate surface area is 158 Å². The predicted molar refractivity (Wildman–Crippen MR) is 98.7 cm³/mol. The summed E-state index contributed by atoms with van der Waals surface area (Å²) in [6.45, 7) is 2.48. The molecule has 2 aromatic rings. The van der Waals surface area contributed by atoms with Crippen molar-refractivity contribution in [2.24, 2.45) is 0 Å². The molecule has 2 fully saturated rings. The van der Waals surface area contributed by atoms with Crippen molar-refractivity contribution in [3.05, 3.63) is 35.7 Å². The van der Waals surface area contributed by atoms with Crippen molar-refractivity contribution in [2.45, 2.75) is 44.2 Å². The summed E-state index contributed by atoms with van der Waals surface area (Å²) < 4.78 is 30.5. The summed E-state index contributed by atoms with van der Waals surface area (Å²) in [6, 6.07) is -0.0247. The van der Waals surface area contributed by atoms with Crippen LogP contribution in [-0.4, -0.2) is 57.8 Å². The Kier molecular flexibility index (Phi) is 4.16. The van der Waals surface area contributed by atoms with Crippen LogP contribution in [0, 0.1) is 0 Å². The van der Waals surface area contributed by atoms with Crippen LogP contribution in [0.2, 0.25) is 0 Å². The van der Waals surface area contributed by atoms with Crippen molar-refractivity contribution in [3.63, 3.8) is 0 Å². The van der Waals surface area contributed by atoms with E-state index in [9.17, 15) is 8.42 Å². The maximum atomic E-state index is 11.7. The van der Waals surface area contributed by atoms with Gasteiger partial charge in [-0.1, -0.05) is 11.2 Å². The highest BCUT2D eigenvalue weighted by atomic mass is 32.2. The Morgan fingerprint density at radius 3 is 2.85 bits per heavy atom. The van der Waals surface area contributed by atoms with Crippen LogP contribution in [0.25, 0.3) is 5.57 Å². The molecule has 0 unspecified atom stereocenters. The van der Waals surface area contributed by atoms with Gasteiger partial charge in [-0.2, -0.15) is 10.1 Å². The van der Waals surface area contributed by atoms with Gasteiger partial charge in [-0.15, -0.1) is 0 Å². The van der Waals surface area contributed by atoms with Crippen LogP contribution in [0.5, 0.6) is 0 Å². The van der Waals surface area contributed by atoms with Gasteiger partial charge in [0.2, 0.25) is 5.89 Å². The van der Waals surface area contributed by atoms with Gasteiger partial charge in [-0.25, -0.2) is 8.42 Å². The minimum Gasteiger partial charge on any atom is -0.339 e. The Morgan fingerprint density at radius 1 is 1.26 bits per heavy atom. The summed E-state index contributed by atoms with van der Waals surface area (Å²) in [7, 11) is -2.90. The molecule has 0 N–H and O–H groups in total. The van der Waals surface area contributed by atoms with Crippen LogP contribution in [-0.2, 0) is 16.4 Å². The largest absolute Gasteiger partial charge is 0.339 e. The Morgan fingerprint density at radius 2 is 2.15 bits per heavy atom. The van der Waals surface area contributed by atoms with Gasteiger partial charge in [0.25, 0.3) is 0 Å². The summed E-state index contributed by atoms with van der Waals surface area (Å²) >= 11 is 0. The molecule has 27 heavy (non-hydrogen) atoms. The second kappa shape index (κ2) is 6.56. The second-order valence-corrected chi connectivity index (χ2v) is 10.0. The van der Waals surface area contributed by atoms with Gasteiger partial charge in [0.15, 0.2) is 15.7 Å². The third kappa shape index (κ3) is 3.70. The average Bonchev–Trinajstić information content (AvgIpc) is 3.05. The van der Waals surface area contributed by atoms with Crippen molar-refractivity contribution in [3.8, 4) is 0 Å². The molecule has 0 spiro atoms. The number of rotatable bonds is 5. The SMILES string of the molecule is O=S1(=O)CC[C@@H](n2cc(C3=CCN(Cc4noc(C5CC5)n4)CC3)cn2)C1. The molecule has 2 aromatic heterocycles. The summed E-state index contributed by atoms with van der Waals surface area (Å²) in [5.74, 6) is 2.52. The van der Waals surface area contributed by atoms with Gasteiger partial charge in [-0.3, -0.25) is 9.58 Å². The lowest BCUT2D eigenvalue weighted by molar-refractivity contribution is 0.279. The van der Waals surface area contributed by atoms with Crippen LogP contribution in [0.15, 0.2) is 23.0 Å². The van der Waals surface area contributed by atoms with E-state index in [1.807, 2.05) is 17.1 Å². The predicted octanol–water partition coefficient (Wildman–Crippen LogP) is 1.79. The van der Waals surface area contributed by atoms with Crippen LogP contribution in [0.1, 0.15) is 54.9 Å². The van der Waals surface area contributed by atoms with Crippen LogP contribution >= 0.6 is 0 Å². The number of nitrogens with zero attached hydrogens (tertiary/aromatic N) is 5. The summed E-state index contributed by atoms with van der Waals surface area (Å²) in [6.07, 6.45) is 9.99. The molecule has 0 amide bonds. The topological polar surface area (TPSA) is 94.1 Å². The molecule has 2 aliphatic heterocycles. The fraction of sp³-hybridized carbons (Fsp3) is 0.611. The summed E-state index contributed by atoms with van der Waals surface area (Å²) in [5, 5.41) is 8.51.